The molecule has 2 amide bonds. The first-order valence-corrected chi connectivity index (χ1v) is 5.84. The van der Waals surface area contributed by atoms with E-state index in [2.05, 4.69) is 20.6 Å². The maximum atomic E-state index is 11.6. The second kappa shape index (κ2) is 6.09. The summed E-state index contributed by atoms with van der Waals surface area (Å²) in [6.45, 7) is 4.87. The highest BCUT2D eigenvalue weighted by Gasteiger charge is 2.22. The Morgan fingerprint density at radius 2 is 1.80 bits per heavy atom. The number of hydrogen-bond acceptors (Lipinski definition) is 5. The van der Waals surface area contributed by atoms with Gasteiger partial charge in [-0.05, 0) is 0 Å². The molecule has 1 aromatic heterocycles. The van der Waals surface area contributed by atoms with Crippen LogP contribution in [0.3, 0.4) is 0 Å². The first-order chi connectivity index (χ1) is 9.21. The van der Waals surface area contributed by atoms with Gasteiger partial charge < -0.3 is 15.7 Å². The number of aromatic carboxylic acids is 1. The number of carboxylic acid groups (broad SMARTS) is 1. The van der Waals surface area contributed by atoms with Crippen LogP contribution in [0.25, 0.3) is 0 Å². The number of hydrogen-bond donors (Lipinski definition) is 3. The molecule has 0 atom stereocenters. The number of anilines is 1. The molecule has 0 bridgehead atoms. The highest BCUT2D eigenvalue weighted by molar-refractivity contribution is 5.99. The lowest BCUT2D eigenvalue weighted by molar-refractivity contribution is -0.130. The zero-order valence-electron chi connectivity index (χ0n) is 11.4. The molecule has 3 N–H and O–H groups in total. The van der Waals surface area contributed by atoms with Gasteiger partial charge >= 0.3 is 5.97 Å². The molecule has 0 saturated carbocycles. The van der Waals surface area contributed by atoms with E-state index >= 15 is 0 Å². The minimum absolute atomic E-state index is 0.157. The van der Waals surface area contributed by atoms with Crippen LogP contribution >= 0.6 is 0 Å². The van der Waals surface area contributed by atoms with Crippen molar-refractivity contribution in [3.8, 4) is 0 Å². The summed E-state index contributed by atoms with van der Waals surface area (Å²) in [6.07, 6.45) is 2.47. The largest absolute Gasteiger partial charge is 0.476 e. The summed E-state index contributed by atoms with van der Waals surface area (Å²) in [6, 6.07) is 0. The topological polar surface area (TPSA) is 121 Å². The Bertz CT molecular complexity index is 537. The molecule has 0 saturated heterocycles. The Kier molecular flexibility index (Phi) is 4.73. The van der Waals surface area contributed by atoms with Gasteiger partial charge in [-0.25, -0.2) is 14.8 Å². The van der Waals surface area contributed by atoms with Crippen LogP contribution in [0.2, 0.25) is 0 Å². The van der Waals surface area contributed by atoms with Crippen molar-refractivity contribution in [2.24, 2.45) is 5.41 Å². The number of rotatable bonds is 4. The molecule has 0 aliphatic rings. The van der Waals surface area contributed by atoms with Gasteiger partial charge in [0, 0.05) is 17.8 Å². The van der Waals surface area contributed by atoms with Gasteiger partial charge in [0.1, 0.15) is 0 Å². The Morgan fingerprint density at radius 1 is 1.20 bits per heavy atom. The van der Waals surface area contributed by atoms with Crippen molar-refractivity contribution in [3.63, 3.8) is 0 Å². The van der Waals surface area contributed by atoms with Gasteiger partial charge in [-0.2, -0.15) is 0 Å². The van der Waals surface area contributed by atoms with Crippen molar-refractivity contribution in [1.29, 1.82) is 0 Å². The Hall–Kier alpha value is -2.51. The van der Waals surface area contributed by atoms with E-state index in [0.717, 1.165) is 0 Å². The summed E-state index contributed by atoms with van der Waals surface area (Å²) < 4.78 is 0. The quantitative estimate of drug-likeness (QED) is 0.728. The molecule has 0 spiro atoms. The van der Waals surface area contributed by atoms with Crippen LogP contribution in [0.5, 0.6) is 0 Å². The molecular weight excluding hydrogens is 264 g/mol. The van der Waals surface area contributed by atoms with Gasteiger partial charge in [-0.15, -0.1) is 0 Å². The minimum Gasteiger partial charge on any atom is -0.476 e. The lowest BCUT2D eigenvalue weighted by Gasteiger charge is -2.17. The number of carbonyl (C=O) groups excluding carboxylic acids is 2. The summed E-state index contributed by atoms with van der Waals surface area (Å²) in [5, 5.41) is 13.6. The van der Waals surface area contributed by atoms with Crippen molar-refractivity contribution < 1.29 is 19.5 Å². The first-order valence-electron chi connectivity index (χ1n) is 5.84. The Morgan fingerprint density at radius 3 is 2.35 bits per heavy atom. The summed E-state index contributed by atoms with van der Waals surface area (Å²) in [7, 11) is 0. The molecule has 0 radical (unpaired) electrons. The molecule has 1 rings (SSSR count). The normalized spacial score (nSPS) is 10.8. The summed E-state index contributed by atoms with van der Waals surface area (Å²) in [5.74, 6) is -2.32. The van der Waals surface area contributed by atoms with E-state index in [1.54, 1.807) is 20.8 Å². The van der Waals surface area contributed by atoms with E-state index in [1.807, 2.05) is 0 Å². The van der Waals surface area contributed by atoms with Gasteiger partial charge in [-0.1, -0.05) is 20.8 Å². The average molecular weight is 280 g/mol. The van der Waals surface area contributed by atoms with Gasteiger partial charge in [0.15, 0.2) is 11.5 Å². The molecule has 8 heteroatoms. The van der Waals surface area contributed by atoms with Crippen molar-refractivity contribution in [3.05, 3.63) is 18.1 Å². The molecule has 0 unspecified atom stereocenters. The third kappa shape index (κ3) is 4.30. The molecular formula is C12H16N4O4. The van der Waals surface area contributed by atoms with E-state index in [4.69, 9.17) is 5.11 Å². The maximum Gasteiger partial charge on any atom is 0.358 e. The van der Waals surface area contributed by atoms with Crippen molar-refractivity contribution in [2.45, 2.75) is 20.8 Å². The van der Waals surface area contributed by atoms with E-state index < -0.39 is 17.3 Å². The minimum atomic E-state index is -1.30. The fourth-order valence-electron chi connectivity index (χ4n) is 1.19. The third-order valence-corrected chi connectivity index (χ3v) is 2.25. The Labute approximate surface area is 115 Å². The summed E-state index contributed by atoms with van der Waals surface area (Å²) >= 11 is 0. The van der Waals surface area contributed by atoms with Crippen LogP contribution in [0, 0.1) is 5.41 Å². The van der Waals surface area contributed by atoms with Gasteiger partial charge in [-0.3, -0.25) is 9.59 Å². The predicted octanol–water partition coefficient (Wildman–Crippen LogP) is 0.276. The third-order valence-electron chi connectivity index (χ3n) is 2.25. The molecule has 108 valence electrons. The summed E-state index contributed by atoms with van der Waals surface area (Å²) in [4.78, 5) is 41.4. The van der Waals surface area contributed by atoms with E-state index in [1.165, 1.54) is 12.4 Å². The zero-order valence-corrected chi connectivity index (χ0v) is 11.4. The van der Waals surface area contributed by atoms with Crippen LogP contribution in [0.1, 0.15) is 31.3 Å². The van der Waals surface area contributed by atoms with Crippen molar-refractivity contribution >= 4 is 23.6 Å². The smallest absolute Gasteiger partial charge is 0.358 e. The number of nitrogens with one attached hydrogen (secondary N) is 2. The van der Waals surface area contributed by atoms with E-state index in [-0.39, 0.29) is 24.0 Å². The lowest BCUT2D eigenvalue weighted by Crippen LogP contribution is -2.39. The number of carboxylic acids is 1. The zero-order chi connectivity index (χ0) is 15.3. The van der Waals surface area contributed by atoms with Crippen LogP contribution in [0.4, 0.5) is 5.82 Å². The predicted molar refractivity (Wildman–Crippen MR) is 70.1 cm³/mol. The highest BCUT2D eigenvalue weighted by atomic mass is 16.4. The molecule has 20 heavy (non-hydrogen) atoms. The van der Waals surface area contributed by atoms with Crippen LogP contribution in [0.15, 0.2) is 12.4 Å². The summed E-state index contributed by atoms with van der Waals surface area (Å²) in [5.41, 5.74) is -0.970. The molecule has 1 heterocycles. The number of amides is 2. The molecule has 0 aromatic carbocycles. The number of aromatic nitrogens is 2. The van der Waals surface area contributed by atoms with Crippen molar-refractivity contribution in [2.75, 3.05) is 11.9 Å². The van der Waals surface area contributed by atoms with E-state index in [9.17, 15) is 14.4 Å². The van der Waals surface area contributed by atoms with Gasteiger partial charge in [0.2, 0.25) is 11.8 Å². The molecule has 1 aromatic rings. The second-order valence-corrected chi connectivity index (χ2v) is 5.04. The van der Waals surface area contributed by atoms with E-state index in [0.29, 0.717) is 0 Å². The maximum absolute atomic E-state index is 11.6. The second-order valence-electron chi connectivity index (χ2n) is 5.04. The molecule has 8 nitrogen and oxygen atoms in total. The average Bonchev–Trinajstić information content (AvgIpc) is 2.35. The van der Waals surface area contributed by atoms with Crippen LogP contribution < -0.4 is 10.6 Å². The molecule has 0 fully saturated rings. The lowest BCUT2D eigenvalue weighted by atomic mass is 9.96. The van der Waals surface area contributed by atoms with Gasteiger partial charge in [0.05, 0.1) is 6.54 Å². The first kappa shape index (κ1) is 15.5. The standard InChI is InChI=1S/C12H16N4O4/c1-12(2,3)11(20)15-6-7(17)16-9-8(10(18)19)13-4-5-14-9/h4-5H,6H2,1-3H3,(H,15,20)(H,18,19)(H,14,16,17). The Balaban J connectivity index is 2.64. The monoisotopic (exact) mass is 280 g/mol. The molecule has 0 aliphatic carbocycles. The molecule has 0 aliphatic heterocycles. The van der Waals surface area contributed by atoms with Gasteiger partial charge in [0.25, 0.3) is 0 Å². The van der Waals surface area contributed by atoms with Crippen molar-refractivity contribution in [1.82, 2.24) is 15.3 Å². The van der Waals surface area contributed by atoms with Crippen LogP contribution in [-0.2, 0) is 9.59 Å². The fourth-order valence-corrected chi connectivity index (χ4v) is 1.19. The fraction of sp³-hybridized carbons (Fsp3) is 0.417. The SMILES string of the molecule is CC(C)(C)C(=O)NCC(=O)Nc1nccnc1C(=O)O. The van der Waals surface area contributed by atoms with Crippen LogP contribution in [-0.4, -0.2) is 39.4 Å². The highest BCUT2D eigenvalue weighted by Crippen LogP contribution is 2.12. The number of nitrogens with zero attached hydrogens (tertiary/aromatic N) is 2. The number of carbonyl (C=O) groups is 3.